The topological polar surface area (TPSA) is 23.6 Å². The third-order valence-corrected chi connectivity index (χ3v) is 4.19. The Morgan fingerprint density at radius 3 is 2.52 bits per heavy atom. The van der Waals surface area contributed by atoms with Crippen LogP contribution in [0, 0.1) is 5.92 Å². The molecule has 4 heteroatoms. The van der Waals surface area contributed by atoms with Crippen LogP contribution < -0.4 is 0 Å². The second kappa shape index (κ2) is 7.28. The van der Waals surface area contributed by atoms with Crippen LogP contribution in [0.1, 0.15) is 26.3 Å². The molecule has 116 valence electrons. The Bertz CT molecular complexity index is 463. The number of nitrogens with zero attached hydrogens (tertiary/aromatic N) is 2. The summed E-state index contributed by atoms with van der Waals surface area (Å²) >= 11 is 5.99. The van der Waals surface area contributed by atoms with Crippen LogP contribution in [0.2, 0.25) is 0 Å². The van der Waals surface area contributed by atoms with Crippen LogP contribution in [-0.4, -0.2) is 46.8 Å². The molecule has 3 unspecified atom stereocenters. The summed E-state index contributed by atoms with van der Waals surface area (Å²) in [6, 6.07) is 10.7. The first-order valence-electron chi connectivity index (χ1n) is 7.68. The first kappa shape index (κ1) is 16.3. The van der Waals surface area contributed by atoms with E-state index < -0.39 is 5.38 Å². The van der Waals surface area contributed by atoms with E-state index in [1.807, 2.05) is 11.0 Å². The number of rotatable bonds is 3. The largest absolute Gasteiger partial charge is 0.337 e. The summed E-state index contributed by atoms with van der Waals surface area (Å²) in [5, 5.41) is -0.444. The van der Waals surface area contributed by atoms with E-state index in [9.17, 15) is 4.79 Å². The van der Waals surface area contributed by atoms with Gasteiger partial charge in [0.2, 0.25) is 5.91 Å². The molecule has 1 heterocycles. The fraction of sp³-hybridized carbons (Fsp3) is 0.588. The van der Waals surface area contributed by atoms with E-state index in [-0.39, 0.29) is 11.9 Å². The van der Waals surface area contributed by atoms with Crippen molar-refractivity contribution in [2.45, 2.75) is 38.7 Å². The fourth-order valence-corrected chi connectivity index (χ4v) is 3.19. The number of carbonyl (C=O) groups excluding carboxylic acids is 1. The minimum absolute atomic E-state index is 0.0533. The van der Waals surface area contributed by atoms with Crippen LogP contribution in [0.25, 0.3) is 0 Å². The number of hydrogen-bond donors (Lipinski definition) is 0. The van der Waals surface area contributed by atoms with Crippen LogP contribution in [0.3, 0.4) is 0 Å². The average Bonchev–Trinajstić information content (AvgIpc) is 2.57. The van der Waals surface area contributed by atoms with Crippen molar-refractivity contribution in [3.8, 4) is 0 Å². The standard InChI is InChI=1S/C17H25ClN2O/c1-13-9-19(12-16-7-5-4-6-8-16)11-14(2)20(10-13)17(21)15(3)18/h4-8,13-15H,9-12H2,1-3H3. The van der Waals surface area contributed by atoms with Crippen LogP contribution >= 0.6 is 11.6 Å². The van der Waals surface area contributed by atoms with E-state index >= 15 is 0 Å². The molecule has 3 atom stereocenters. The molecular formula is C17H25ClN2O. The highest BCUT2D eigenvalue weighted by Crippen LogP contribution is 2.18. The van der Waals surface area contributed by atoms with Crippen LogP contribution in [0.4, 0.5) is 0 Å². The molecule has 2 rings (SSSR count). The molecule has 3 nitrogen and oxygen atoms in total. The van der Waals surface area contributed by atoms with Gasteiger partial charge in [-0.15, -0.1) is 11.6 Å². The highest BCUT2D eigenvalue weighted by Gasteiger charge is 2.30. The lowest BCUT2D eigenvalue weighted by Crippen LogP contribution is -2.45. The molecule has 0 spiro atoms. The number of halogens is 1. The zero-order valence-electron chi connectivity index (χ0n) is 13.1. The fourth-order valence-electron chi connectivity index (χ4n) is 3.07. The van der Waals surface area contributed by atoms with Crippen molar-refractivity contribution in [1.29, 1.82) is 0 Å². The van der Waals surface area contributed by atoms with Gasteiger partial charge in [0.25, 0.3) is 0 Å². The molecule has 1 amide bonds. The Balaban J connectivity index is 2.06. The van der Waals surface area contributed by atoms with Gasteiger partial charge in [-0.2, -0.15) is 0 Å². The van der Waals surface area contributed by atoms with Gasteiger partial charge in [0.05, 0.1) is 0 Å². The van der Waals surface area contributed by atoms with E-state index in [0.717, 1.165) is 26.2 Å². The lowest BCUT2D eigenvalue weighted by Gasteiger charge is -2.30. The van der Waals surface area contributed by atoms with Gasteiger partial charge in [0.15, 0.2) is 0 Å². The van der Waals surface area contributed by atoms with Gasteiger partial charge in [-0.05, 0) is 25.3 Å². The van der Waals surface area contributed by atoms with Gasteiger partial charge in [-0.3, -0.25) is 9.69 Å². The van der Waals surface area contributed by atoms with Crippen molar-refractivity contribution in [1.82, 2.24) is 9.80 Å². The zero-order chi connectivity index (χ0) is 15.4. The molecule has 1 aliphatic rings. The van der Waals surface area contributed by atoms with Gasteiger partial charge in [-0.1, -0.05) is 37.3 Å². The second-order valence-electron chi connectivity index (χ2n) is 6.24. The summed E-state index contributed by atoms with van der Waals surface area (Å²) < 4.78 is 0. The molecule has 1 aromatic carbocycles. The molecule has 0 radical (unpaired) electrons. The molecular weight excluding hydrogens is 284 g/mol. The Morgan fingerprint density at radius 2 is 1.90 bits per heavy atom. The van der Waals surface area contributed by atoms with Gasteiger partial charge >= 0.3 is 0 Å². The predicted octanol–water partition coefficient (Wildman–Crippen LogP) is 2.98. The second-order valence-corrected chi connectivity index (χ2v) is 6.90. The van der Waals surface area contributed by atoms with Crippen molar-refractivity contribution in [3.05, 3.63) is 35.9 Å². The summed E-state index contributed by atoms with van der Waals surface area (Å²) in [5.41, 5.74) is 1.32. The van der Waals surface area contributed by atoms with Gasteiger partial charge in [-0.25, -0.2) is 0 Å². The van der Waals surface area contributed by atoms with Gasteiger partial charge in [0, 0.05) is 32.2 Å². The van der Waals surface area contributed by atoms with E-state index in [0.29, 0.717) is 5.92 Å². The Hall–Kier alpha value is -1.06. The lowest BCUT2D eigenvalue weighted by atomic mass is 10.1. The third kappa shape index (κ3) is 4.45. The van der Waals surface area contributed by atoms with Crippen molar-refractivity contribution < 1.29 is 4.79 Å². The molecule has 0 aromatic heterocycles. The summed E-state index contributed by atoms with van der Waals surface area (Å²) in [4.78, 5) is 16.6. The molecule has 21 heavy (non-hydrogen) atoms. The monoisotopic (exact) mass is 308 g/mol. The summed E-state index contributed by atoms with van der Waals surface area (Å²) in [6.45, 7) is 9.72. The normalized spacial score (nSPS) is 25.4. The lowest BCUT2D eigenvalue weighted by molar-refractivity contribution is -0.132. The van der Waals surface area contributed by atoms with E-state index in [1.54, 1.807) is 6.92 Å². The Labute approximate surface area is 132 Å². The maximum Gasteiger partial charge on any atom is 0.240 e. The Morgan fingerprint density at radius 1 is 1.24 bits per heavy atom. The molecule has 1 fully saturated rings. The molecule has 0 saturated carbocycles. The van der Waals surface area contributed by atoms with E-state index in [4.69, 9.17) is 11.6 Å². The number of carbonyl (C=O) groups is 1. The minimum Gasteiger partial charge on any atom is -0.337 e. The molecule has 0 bridgehead atoms. The summed E-state index contributed by atoms with van der Waals surface area (Å²) in [5.74, 6) is 0.510. The van der Waals surface area contributed by atoms with E-state index in [2.05, 4.69) is 43.0 Å². The highest BCUT2D eigenvalue weighted by molar-refractivity contribution is 6.30. The average molecular weight is 309 g/mol. The van der Waals surface area contributed by atoms with Crippen molar-refractivity contribution in [2.24, 2.45) is 5.92 Å². The van der Waals surface area contributed by atoms with Crippen LogP contribution in [0.5, 0.6) is 0 Å². The van der Waals surface area contributed by atoms with Crippen molar-refractivity contribution in [2.75, 3.05) is 19.6 Å². The van der Waals surface area contributed by atoms with Crippen LogP contribution in [0.15, 0.2) is 30.3 Å². The highest BCUT2D eigenvalue weighted by atomic mass is 35.5. The minimum atomic E-state index is -0.444. The van der Waals surface area contributed by atoms with Gasteiger partial charge in [0.1, 0.15) is 5.38 Å². The Kier molecular flexibility index (Phi) is 5.65. The van der Waals surface area contributed by atoms with Gasteiger partial charge < -0.3 is 4.90 Å². The number of amides is 1. The van der Waals surface area contributed by atoms with E-state index in [1.165, 1.54) is 5.56 Å². The molecule has 0 N–H and O–H groups in total. The summed E-state index contributed by atoms with van der Waals surface area (Å²) in [7, 11) is 0. The maximum atomic E-state index is 12.2. The predicted molar refractivity (Wildman–Crippen MR) is 87.4 cm³/mol. The number of hydrogen-bond acceptors (Lipinski definition) is 2. The van der Waals surface area contributed by atoms with Crippen molar-refractivity contribution in [3.63, 3.8) is 0 Å². The van der Waals surface area contributed by atoms with Crippen LogP contribution in [-0.2, 0) is 11.3 Å². The maximum absolute atomic E-state index is 12.2. The molecule has 0 aliphatic carbocycles. The smallest absolute Gasteiger partial charge is 0.240 e. The quantitative estimate of drug-likeness (QED) is 0.802. The van der Waals surface area contributed by atoms with Crippen molar-refractivity contribution >= 4 is 17.5 Å². The third-order valence-electron chi connectivity index (χ3n) is 4.01. The summed E-state index contributed by atoms with van der Waals surface area (Å²) in [6.07, 6.45) is 0. The first-order chi connectivity index (χ1) is 9.97. The molecule has 1 aliphatic heterocycles. The number of alkyl halides is 1. The molecule has 1 saturated heterocycles. The first-order valence-corrected chi connectivity index (χ1v) is 8.12. The number of benzene rings is 1. The zero-order valence-corrected chi connectivity index (χ0v) is 13.9. The molecule has 1 aromatic rings. The SMILES string of the molecule is CC1CN(Cc2ccccc2)CC(C)N(C(=O)C(C)Cl)C1.